The molecule has 0 bridgehead atoms. The summed E-state index contributed by atoms with van der Waals surface area (Å²) in [5, 5.41) is 12.8. The Balaban J connectivity index is 1.79. The van der Waals surface area contributed by atoms with Crippen molar-refractivity contribution in [1.29, 1.82) is 0 Å². The van der Waals surface area contributed by atoms with Crippen LogP contribution in [0.2, 0.25) is 0 Å². The third-order valence-corrected chi connectivity index (χ3v) is 5.77. The van der Waals surface area contributed by atoms with E-state index < -0.39 is 5.97 Å². The highest BCUT2D eigenvalue weighted by molar-refractivity contribution is 5.94. The van der Waals surface area contributed by atoms with E-state index in [1.807, 2.05) is 24.8 Å². The summed E-state index contributed by atoms with van der Waals surface area (Å²) in [4.78, 5) is 31.6. The molecule has 162 valence electrons. The summed E-state index contributed by atoms with van der Waals surface area (Å²) in [7, 11) is 1.68. The number of nitrogens with zero attached hydrogens (tertiary/aromatic N) is 3. The van der Waals surface area contributed by atoms with E-state index in [2.05, 4.69) is 5.32 Å². The van der Waals surface area contributed by atoms with Gasteiger partial charge in [-0.2, -0.15) is 0 Å². The highest BCUT2D eigenvalue weighted by atomic mass is 16.5. The average Bonchev–Trinajstić information content (AvgIpc) is 2.71. The van der Waals surface area contributed by atoms with Crippen molar-refractivity contribution < 1.29 is 14.6 Å². The zero-order valence-electron chi connectivity index (χ0n) is 18.0. The molecule has 1 aromatic carbocycles. The first-order chi connectivity index (χ1) is 14.8. The highest BCUT2D eigenvalue weighted by Gasteiger charge is 2.30. The van der Waals surface area contributed by atoms with Crippen molar-refractivity contribution in [3.8, 4) is 0 Å². The smallest absolute Gasteiger partial charge is 0.337 e. The summed E-state index contributed by atoms with van der Waals surface area (Å²) in [6.07, 6.45) is 1.93. The van der Waals surface area contributed by atoms with Crippen LogP contribution in [0.5, 0.6) is 0 Å². The second-order valence-electron chi connectivity index (χ2n) is 8.01. The molecule has 0 radical (unpaired) electrons. The summed E-state index contributed by atoms with van der Waals surface area (Å²) < 4.78 is 6.94. The van der Waals surface area contributed by atoms with Crippen molar-refractivity contribution in [1.82, 2.24) is 9.38 Å². The van der Waals surface area contributed by atoms with Crippen LogP contribution in [0, 0.1) is 13.8 Å². The molecule has 0 spiro atoms. The van der Waals surface area contributed by atoms with Crippen LogP contribution in [0.1, 0.15) is 40.0 Å². The normalized spacial score (nSPS) is 15.0. The minimum atomic E-state index is -0.998. The largest absolute Gasteiger partial charge is 0.478 e. The van der Waals surface area contributed by atoms with Crippen molar-refractivity contribution in [3.05, 3.63) is 69.1 Å². The number of methoxy groups -OCH3 is 1. The molecule has 3 heterocycles. The fourth-order valence-electron chi connectivity index (χ4n) is 3.98. The Morgan fingerprint density at radius 1 is 1.29 bits per heavy atom. The van der Waals surface area contributed by atoms with Gasteiger partial charge in [0.2, 0.25) is 0 Å². The number of carboxylic acid groups (broad SMARTS) is 1. The Bertz CT molecular complexity index is 1210. The minimum Gasteiger partial charge on any atom is -0.478 e. The minimum absolute atomic E-state index is 0.107. The number of para-hydroxylation sites is 1. The number of rotatable bonds is 6. The molecule has 2 aromatic heterocycles. The van der Waals surface area contributed by atoms with Crippen molar-refractivity contribution in [2.75, 3.05) is 30.4 Å². The van der Waals surface area contributed by atoms with Gasteiger partial charge >= 0.3 is 5.97 Å². The van der Waals surface area contributed by atoms with Crippen molar-refractivity contribution in [3.63, 3.8) is 0 Å². The van der Waals surface area contributed by atoms with Gasteiger partial charge in [-0.15, -0.1) is 0 Å². The van der Waals surface area contributed by atoms with Gasteiger partial charge in [-0.1, -0.05) is 12.1 Å². The van der Waals surface area contributed by atoms with Gasteiger partial charge in [0.05, 0.1) is 23.3 Å². The number of hydrogen-bond donors (Lipinski definition) is 2. The number of carboxylic acids is 1. The highest BCUT2D eigenvalue weighted by Crippen LogP contribution is 2.28. The quantitative estimate of drug-likeness (QED) is 0.630. The fraction of sp³-hybridized carbons (Fsp3) is 0.348. The van der Waals surface area contributed by atoms with Gasteiger partial charge < -0.3 is 20.1 Å². The fourth-order valence-corrected chi connectivity index (χ4v) is 3.98. The van der Waals surface area contributed by atoms with Gasteiger partial charge in [0.25, 0.3) is 5.56 Å². The van der Waals surface area contributed by atoms with Crippen molar-refractivity contribution >= 4 is 23.1 Å². The van der Waals surface area contributed by atoms with Crippen LogP contribution < -0.4 is 15.8 Å². The predicted molar refractivity (Wildman–Crippen MR) is 119 cm³/mol. The second kappa shape index (κ2) is 8.03. The van der Waals surface area contributed by atoms with Crippen LogP contribution >= 0.6 is 0 Å². The summed E-state index contributed by atoms with van der Waals surface area (Å²) >= 11 is 0. The summed E-state index contributed by atoms with van der Waals surface area (Å²) in [5.41, 5.74) is 3.50. The van der Waals surface area contributed by atoms with Crippen LogP contribution in [0.4, 0.5) is 11.5 Å². The van der Waals surface area contributed by atoms with Crippen molar-refractivity contribution in [2.24, 2.45) is 0 Å². The number of hydrogen-bond acceptors (Lipinski definition) is 6. The van der Waals surface area contributed by atoms with E-state index in [4.69, 9.17) is 9.72 Å². The topological polar surface area (TPSA) is 96.2 Å². The third kappa shape index (κ3) is 3.74. The number of benzene rings is 1. The Kier molecular flexibility index (Phi) is 5.41. The number of aromatic nitrogens is 2. The molecule has 4 rings (SSSR count). The zero-order chi connectivity index (χ0) is 22.3. The molecular weight excluding hydrogens is 396 g/mol. The molecule has 0 aliphatic carbocycles. The van der Waals surface area contributed by atoms with Crippen LogP contribution in [0.15, 0.2) is 41.3 Å². The standard InChI is InChI=1S/C23H26N4O4/c1-13-9-18(15(3)24-19-8-6-5-7-17(19)23(29)30)21-25-20(26-11-16(12-26)31-4)14(2)22(28)27(21)10-13/h5-10,15-16,24H,11-12H2,1-4H3,(H,29,30)/t15-/m1/s1. The van der Waals surface area contributed by atoms with Gasteiger partial charge in [-0.25, -0.2) is 9.78 Å². The molecule has 0 saturated carbocycles. The third-order valence-electron chi connectivity index (χ3n) is 5.77. The maximum atomic E-state index is 13.1. The van der Waals surface area contributed by atoms with Gasteiger partial charge in [-0.05, 0) is 44.5 Å². The maximum Gasteiger partial charge on any atom is 0.337 e. The molecule has 0 unspecified atom stereocenters. The van der Waals surface area contributed by atoms with E-state index in [0.29, 0.717) is 35.8 Å². The first-order valence-corrected chi connectivity index (χ1v) is 10.2. The van der Waals surface area contributed by atoms with E-state index in [9.17, 15) is 14.7 Å². The molecule has 8 heteroatoms. The summed E-state index contributed by atoms with van der Waals surface area (Å²) in [5.74, 6) is -0.330. The lowest BCUT2D eigenvalue weighted by Gasteiger charge is -2.39. The summed E-state index contributed by atoms with van der Waals surface area (Å²) in [6.45, 7) is 7.05. The SMILES string of the molecule is COC1CN(c2nc3c([C@@H](C)Nc4ccccc4C(=O)O)cc(C)cn3c(=O)c2C)C1. The molecule has 8 nitrogen and oxygen atoms in total. The Morgan fingerprint density at radius 2 is 2.00 bits per heavy atom. The Morgan fingerprint density at radius 3 is 2.68 bits per heavy atom. The predicted octanol–water partition coefficient (Wildman–Crippen LogP) is 3.02. The first-order valence-electron chi connectivity index (χ1n) is 10.2. The molecular formula is C23H26N4O4. The van der Waals surface area contributed by atoms with Crippen LogP contribution in [0.3, 0.4) is 0 Å². The molecule has 0 amide bonds. The molecule has 1 atom stereocenters. The van der Waals surface area contributed by atoms with Crippen LogP contribution in [-0.4, -0.2) is 46.8 Å². The summed E-state index contributed by atoms with van der Waals surface area (Å²) in [6, 6.07) is 8.48. The number of pyridine rings is 1. The number of aromatic carboxylic acids is 1. The number of carbonyl (C=O) groups is 1. The number of anilines is 2. The molecule has 3 aromatic rings. The zero-order valence-corrected chi connectivity index (χ0v) is 18.0. The molecule has 31 heavy (non-hydrogen) atoms. The van der Waals surface area contributed by atoms with Gasteiger partial charge in [0.1, 0.15) is 11.5 Å². The number of ether oxygens (including phenoxy) is 1. The van der Waals surface area contributed by atoms with Gasteiger partial charge in [0, 0.05) is 37.6 Å². The Labute approximate surface area is 180 Å². The molecule has 1 fully saturated rings. The average molecular weight is 422 g/mol. The monoisotopic (exact) mass is 422 g/mol. The van der Waals surface area contributed by atoms with E-state index in [-0.39, 0.29) is 23.3 Å². The maximum absolute atomic E-state index is 13.1. The van der Waals surface area contributed by atoms with Crippen LogP contribution in [-0.2, 0) is 4.74 Å². The lowest BCUT2D eigenvalue weighted by atomic mass is 10.1. The lowest BCUT2D eigenvalue weighted by molar-refractivity contribution is 0.0697. The van der Waals surface area contributed by atoms with Crippen LogP contribution in [0.25, 0.3) is 5.65 Å². The molecule has 2 N–H and O–H groups in total. The van der Waals surface area contributed by atoms with E-state index in [0.717, 1.165) is 11.1 Å². The Hall–Kier alpha value is -3.39. The molecule has 1 aliphatic rings. The van der Waals surface area contributed by atoms with Crippen molar-refractivity contribution in [2.45, 2.75) is 32.9 Å². The number of nitrogens with one attached hydrogen (secondary N) is 1. The first kappa shape index (κ1) is 20.9. The van der Waals surface area contributed by atoms with E-state index in [1.165, 1.54) is 0 Å². The number of fused-ring (bicyclic) bond motifs is 1. The van der Waals surface area contributed by atoms with Gasteiger partial charge in [-0.3, -0.25) is 9.20 Å². The lowest BCUT2D eigenvalue weighted by Crippen LogP contribution is -2.53. The number of aryl methyl sites for hydroxylation is 1. The molecule has 1 aliphatic heterocycles. The molecule has 1 saturated heterocycles. The van der Waals surface area contributed by atoms with E-state index >= 15 is 0 Å². The van der Waals surface area contributed by atoms with E-state index in [1.54, 1.807) is 48.9 Å². The second-order valence-corrected chi connectivity index (χ2v) is 8.01. The van der Waals surface area contributed by atoms with Gasteiger partial charge in [0.15, 0.2) is 0 Å².